The van der Waals surface area contributed by atoms with Gasteiger partial charge in [-0.05, 0) is 58.2 Å². The molecule has 1 saturated heterocycles. The number of carbonyl (C=O) groups is 2. The highest BCUT2D eigenvalue weighted by Gasteiger charge is 2.34. The molecule has 13 nitrogen and oxygen atoms in total. The molecule has 13 heteroatoms. The van der Waals surface area contributed by atoms with Gasteiger partial charge in [0.25, 0.3) is 5.91 Å². The van der Waals surface area contributed by atoms with E-state index in [1.807, 2.05) is 24.3 Å². The minimum absolute atomic E-state index is 0.130. The highest BCUT2D eigenvalue weighted by atomic mass is 16.6. The van der Waals surface area contributed by atoms with Crippen LogP contribution in [0.4, 0.5) is 33.2 Å². The Morgan fingerprint density at radius 1 is 0.932 bits per heavy atom. The molecule has 1 fully saturated rings. The minimum atomic E-state index is -0.702. The van der Waals surface area contributed by atoms with Crippen LogP contribution in [0.25, 0.3) is 0 Å². The second kappa shape index (κ2) is 12.8. The van der Waals surface area contributed by atoms with Crippen molar-refractivity contribution in [2.75, 3.05) is 81.0 Å². The number of rotatable bonds is 7. The van der Waals surface area contributed by atoms with Gasteiger partial charge in [0.15, 0.2) is 11.4 Å². The zero-order valence-corrected chi connectivity index (χ0v) is 26.0. The van der Waals surface area contributed by atoms with Crippen LogP contribution in [0.2, 0.25) is 0 Å². The first kappa shape index (κ1) is 30.7. The van der Waals surface area contributed by atoms with Gasteiger partial charge in [-0.2, -0.15) is 0 Å². The number of likely N-dealkylation sites (N-methyl/N-ethyl adjacent to an activating group) is 1. The van der Waals surface area contributed by atoms with E-state index in [2.05, 4.69) is 37.4 Å². The fourth-order valence-corrected chi connectivity index (χ4v) is 5.03. The van der Waals surface area contributed by atoms with E-state index in [4.69, 9.17) is 18.9 Å². The number of hydrogen-bond donors (Lipinski definition) is 2. The third-order valence-corrected chi connectivity index (χ3v) is 7.21. The van der Waals surface area contributed by atoms with Crippen LogP contribution in [0.1, 0.15) is 31.1 Å². The number of methoxy groups -OCH3 is 2. The predicted molar refractivity (Wildman–Crippen MR) is 168 cm³/mol. The van der Waals surface area contributed by atoms with Gasteiger partial charge < -0.3 is 39.4 Å². The summed E-state index contributed by atoms with van der Waals surface area (Å²) in [6.07, 6.45) is 2.49. The molecule has 0 unspecified atom stereocenters. The molecule has 2 N–H and O–H groups in total. The van der Waals surface area contributed by atoms with Gasteiger partial charge in [-0.3, -0.25) is 9.69 Å². The van der Waals surface area contributed by atoms with E-state index >= 15 is 0 Å². The van der Waals surface area contributed by atoms with Crippen LogP contribution in [0.5, 0.6) is 17.5 Å². The second-order valence-corrected chi connectivity index (χ2v) is 11.5. The summed E-state index contributed by atoms with van der Waals surface area (Å²) in [4.78, 5) is 41.5. The minimum Gasteiger partial charge on any atom is -0.492 e. The topological polar surface area (TPSA) is 131 Å². The van der Waals surface area contributed by atoms with Gasteiger partial charge >= 0.3 is 6.09 Å². The molecule has 2 aromatic heterocycles. The number of pyridine rings is 2. The van der Waals surface area contributed by atoms with Gasteiger partial charge in [-0.25, -0.2) is 14.8 Å². The fraction of sp³-hybridized carbons (Fsp3) is 0.419. The number of nitrogens with one attached hydrogen (secondary N) is 2. The fourth-order valence-electron chi connectivity index (χ4n) is 5.03. The molecule has 0 bridgehead atoms. The van der Waals surface area contributed by atoms with Gasteiger partial charge in [-0.1, -0.05) is 0 Å². The van der Waals surface area contributed by atoms with Crippen molar-refractivity contribution in [3.8, 4) is 17.5 Å². The summed E-state index contributed by atoms with van der Waals surface area (Å²) in [7, 11) is 5.05. The van der Waals surface area contributed by atoms with Crippen molar-refractivity contribution in [2.24, 2.45) is 0 Å². The molecule has 0 saturated carbocycles. The van der Waals surface area contributed by atoms with Gasteiger partial charge in [-0.15, -0.1) is 0 Å². The number of nitrogens with zero attached hydrogens (tertiary/aromatic N) is 5. The van der Waals surface area contributed by atoms with Crippen molar-refractivity contribution in [2.45, 2.75) is 26.4 Å². The van der Waals surface area contributed by atoms with Crippen LogP contribution >= 0.6 is 0 Å². The Morgan fingerprint density at radius 3 is 2.32 bits per heavy atom. The van der Waals surface area contributed by atoms with Crippen molar-refractivity contribution in [3.63, 3.8) is 0 Å². The maximum absolute atomic E-state index is 13.7. The number of carbonyl (C=O) groups excluding carboxylic acids is 2. The zero-order chi connectivity index (χ0) is 31.4. The quantitative estimate of drug-likeness (QED) is 0.398. The van der Waals surface area contributed by atoms with Gasteiger partial charge in [0.05, 0.1) is 32.6 Å². The molecule has 2 amide bonds. The molecule has 234 valence electrons. The first-order valence-corrected chi connectivity index (χ1v) is 14.4. The maximum Gasteiger partial charge on any atom is 0.415 e. The lowest BCUT2D eigenvalue weighted by Crippen LogP contribution is -2.44. The summed E-state index contributed by atoms with van der Waals surface area (Å²) in [5.74, 6) is 0.232. The average Bonchev–Trinajstić information content (AvgIpc) is 3.00. The van der Waals surface area contributed by atoms with Crippen LogP contribution < -0.4 is 34.6 Å². The molecule has 3 aromatic rings. The second-order valence-electron chi connectivity index (χ2n) is 11.5. The summed E-state index contributed by atoms with van der Waals surface area (Å²) in [6.45, 7) is 9.79. The normalized spacial score (nSPS) is 15.1. The lowest BCUT2D eigenvalue weighted by Gasteiger charge is -2.34. The van der Waals surface area contributed by atoms with E-state index in [1.165, 1.54) is 31.5 Å². The van der Waals surface area contributed by atoms with Crippen molar-refractivity contribution < 1.29 is 28.5 Å². The Balaban J connectivity index is 1.42. The van der Waals surface area contributed by atoms with Crippen molar-refractivity contribution in [1.82, 2.24) is 14.9 Å². The molecule has 2 aliphatic heterocycles. The average molecular weight is 606 g/mol. The van der Waals surface area contributed by atoms with Crippen molar-refractivity contribution in [1.29, 1.82) is 0 Å². The molecule has 0 spiro atoms. The summed E-state index contributed by atoms with van der Waals surface area (Å²) in [6, 6.07) is 9.41. The lowest BCUT2D eigenvalue weighted by molar-refractivity contribution is 0.0565. The van der Waals surface area contributed by atoms with Crippen LogP contribution in [-0.2, 0) is 4.74 Å². The number of fused-ring (bicyclic) bond motifs is 1. The van der Waals surface area contributed by atoms with E-state index in [-0.39, 0.29) is 30.5 Å². The van der Waals surface area contributed by atoms with E-state index in [9.17, 15) is 9.59 Å². The number of hydrogen-bond acceptors (Lipinski definition) is 11. The van der Waals surface area contributed by atoms with E-state index < -0.39 is 17.6 Å². The van der Waals surface area contributed by atoms with Crippen LogP contribution in [0, 0.1) is 0 Å². The molecular formula is C31H39N7O6. The van der Waals surface area contributed by atoms with Gasteiger partial charge in [0.1, 0.15) is 23.5 Å². The van der Waals surface area contributed by atoms with Gasteiger partial charge in [0, 0.05) is 43.8 Å². The van der Waals surface area contributed by atoms with Crippen LogP contribution in [-0.4, -0.2) is 93.1 Å². The van der Waals surface area contributed by atoms with Crippen LogP contribution in [0.3, 0.4) is 0 Å². The van der Waals surface area contributed by atoms with E-state index in [0.717, 1.165) is 31.9 Å². The Hall–Kier alpha value is -4.78. The summed E-state index contributed by atoms with van der Waals surface area (Å²) >= 11 is 0. The Morgan fingerprint density at radius 2 is 1.66 bits per heavy atom. The molecule has 0 radical (unpaired) electrons. The number of aromatic nitrogens is 2. The molecular weight excluding hydrogens is 566 g/mol. The highest BCUT2D eigenvalue weighted by Crippen LogP contribution is 2.45. The van der Waals surface area contributed by atoms with Crippen molar-refractivity contribution >= 4 is 40.4 Å². The molecule has 1 aromatic carbocycles. The number of ether oxygens (including phenoxy) is 4. The third kappa shape index (κ3) is 6.72. The SMILES string of the molecule is COc1nccc(Nc2cnc3c(c2OC)N(C(=O)OC(C)(C)C)CCO3)c1C(=O)Nc1ccc(N2CCN(C)CC2)cc1. The molecule has 44 heavy (non-hydrogen) atoms. The summed E-state index contributed by atoms with van der Waals surface area (Å²) in [5, 5.41) is 6.19. The molecule has 5 rings (SSSR count). The summed E-state index contributed by atoms with van der Waals surface area (Å²) in [5.41, 5.74) is 2.32. The van der Waals surface area contributed by atoms with E-state index in [0.29, 0.717) is 28.5 Å². The Labute approximate surface area is 257 Å². The number of benzene rings is 1. The Kier molecular flexibility index (Phi) is 8.95. The first-order valence-electron chi connectivity index (χ1n) is 14.4. The first-order chi connectivity index (χ1) is 21.1. The molecule has 0 aliphatic carbocycles. The number of anilines is 5. The third-order valence-electron chi connectivity index (χ3n) is 7.21. The Bertz CT molecular complexity index is 1500. The summed E-state index contributed by atoms with van der Waals surface area (Å²) < 4.78 is 22.6. The number of amides is 2. The maximum atomic E-state index is 13.7. The standard InChI is InChI=1S/C31H39N7O6/c1-31(2,3)44-30(40)38-17-18-43-29-25(38)26(41-5)23(19-33-29)35-22-11-12-32-28(42-6)24(22)27(39)34-20-7-9-21(10-8-20)37-15-13-36(4)14-16-37/h7-12,19H,13-18H2,1-6H3,(H,32,35)(H,34,39). The van der Waals surface area contributed by atoms with Gasteiger partial charge in [0.2, 0.25) is 11.8 Å². The molecule has 4 heterocycles. The van der Waals surface area contributed by atoms with E-state index in [1.54, 1.807) is 26.8 Å². The predicted octanol–water partition coefficient (Wildman–Crippen LogP) is 4.38. The molecule has 0 atom stereocenters. The van der Waals surface area contributed by atoms with Crippen molar-refractivity contribution in [3.05, 3.63) is 48.3 Å². The monoisotopic (exact) mass is 605 g/mol. The molecule has 2 aliphatic rings. The lowest BCUT2D eigenvalue weighted by atomic mass is 10.1. The number of piperazine rings is 1. The largest absolute Gasteiger partial charge is 0.492 e. The zero-order valence-electron chi connectivity index (χ0n) is 26.0. The highest BCUT2D eigenvalue weighted by molar-refractivity contribution is 6.10. The smallest absolute Gasteiger partial charge is 0.415 e. The van der Waals surface area contributed by atoms with Crippen LogP contribution in [0.15, 0.2) is 42.7 Å².